The molecule has 0 rings (SSSR count). The van der Waals surface area contributed by atoms with Crippen LogP contribution in [0.3, 0.4) is 0 Å². The van der Waals surface area contributed by atoms with Crippen molar-refractivity contribution in [3.05, 3.63) is 0 Å². The minimum absolute atomic E-state index is 0.716. The molecular formula is C9H22N2. The molecule has 0 heterocycles. The van der Waals surface area contributed by atoms with Crippen LogP contribution in [0.2, 0.25) is 0 Å². The van der Waals surface area contributed by atoms with E-state index >= 15 is 0 Å². The zero-order valence-corrected chi connectivity index (χ0v) is 8.14. The van der Waals surface area contributed by atoms with Crippen LogP contribution in [-0.2, 0) is 0 Å². The van der Waals surface area contributed by atoms with E-state index in [0.717, 1.165) is 13.0 Å². The molecule has 0 bridgehead atoms. The number of nitrogens with zero attached hydrogens (tertiary/aromatic N) is 1. The first-order valence-electron chi connectivity index (χ1n) is 4.62. The van der Waals surface area contributed by atoms with Crippen LogP contribution in [0.15, 0.2) is 0 Å². The molecule has 1 unspecified atom stereocenters. The third kappa shape index (κ3) is 5.22. The lowest BCUT2D eigenvalue weighted by atomic mass is 10.2. The smallest absolute Gasteiger partial charge is 0.00612 e. The van der Waals surface area contributed by atoms with Gasteiger partial charge in [-0.1, -0.05) is 6.92 Å². The molecule has 0 saturated carbocycles. The number of nitrogens with two attached hydrogens (primary N) is 1. The molecule has 2 N–H and O–H groups in total. The highest BCUT2D eigenvalue weighted by Crippen LogP contribution is 2.01. The highest BCUT2D eigenvalue weighted by molar-refractivity contribution is 4.60. The molecule has 2 nitrogen and oxygen atoms in total. The van der Waals surface area contributed by atoms with Crippen molar-refractivity contribution in [2.75, 3.05) is 20.1 Å². The summed E-state index contributed by atoms with van der Waals surface area (Å²) in [6.07, 6.45) is 3.62. The van der Waals surface area contributed by atoms with Crippen LogP contribution in [-0.4, -0.2) is 31.1 Å². The maximum Gasteiger partial charge on any atom is 0.00612 e. The normalized spacial score (nSPS) is 13.9. The number of hydrogen-bond acceptors (Lipinski definition) is 2. The summed E-state index contributed by atoms with van der Waals surface area (Å²) < 4.78 is 0. The van der Waals surface area contributed by atoms with Crippen molar-refractivity contribution in [1.82, 2.24) is 4.90 Å². The van der Waals surface area contributed by atoms with Gasteiger partial charge in [0.1, 0.15) is 0 Å². The molecule has 0 aromatic heterocycles. The Kier molecular flexibility index (Phi) is 6.57. The van der Waals surface area contributed by atoms with Gasteiger partial charge in [-0.2, -0.15) is 0 Å². The minimum Gasteiger partial charge on any atom is -0.330 e. The summed E-state index contributed by atoms with van der Waals surface area (Å²) in [5, 5.41) is 0. The van der Waals surface area contributed by atoms with Gasteiger partial charge in [0.2, 0.25) is 0 Å². The molecule has 0 aliphatic rings. The van der Waals surface area contributed by atoms with E-state index < -0.39 is 0 Å². The predicted molar refractivity (Wildman–Crippen MR) is 50.7 cm³/mol. The van der Waals surface area contributed by atoms with Gasteiger partial charge in [0.05, 0.1) is 0 Å². The van der Waals surface area contributed by atoms with E-state index in [1.54, 1.807) is 0 Å². The van der Waals surface area contributed by atoms with Crippen LogP contribution in [0.5, 0.6) is 0 Å². The van der Waals surface area contributed by atoms with Crippen LogP contribution in [0, 0.1) is 0 Å². The molecule has 0 aromatic rings. The number of rotatable bonds is 6. The van der Waals surface area contributed by atoms with Crippen LogP contribution >= 0.6 is 0 Å². The quantitative estimate of drug-likeness (QED) is 0.593. The van der Waals surface area contributed by atoms with E-state index in [-0.39, 0.29) is 0 Å². The van der Waals surface area contributed by atoms with E-state index in [1.165, 1.54) is 19.4 Å². The van der Waals surface area contributed by atoms with Gasteiger partial charge in [-0.25, -0.2) is 0 Å². The fraction of sp³-hybridized carbons (Fsp3) is 1.00. The summed E-state index contributed by atoms with van der Waals surface area (Å²) in [5.74, 6) is 0. The summed E-state index contributed by atoms with van der Waals surface area (Å²) in [6, 6.07) is 0.716. The zero-order valence-electron chi connectivity index (χ0n) is 8.14. The third-order valence-electron chi connectivity index (χ3n) is 2.31. The Bertz CT molecular complexity index is 83.6. The first kappa shape index (κ1) is 10.9. The summed E-state index contributed by atoms with van der Waals surface area (Å²) >= 11 is 0. The fourth-order valence-electron chi connectivity index (χ4n) is 1.04. The molecule has 1 atom stereocenters. The molecule has 0 aliphatic heterocycles. The fourth-order valence-corrected chi connectivity index (χ4v) is 1.04. The van der Waals surface area contributed by atoms with Crippen molar-refractivity contribution < 1.29 is 0 Å². The second kappa shape index (κ2) is 6.62. The highest BCUT2D eigenvalue weighted by atomic mass is 15.1. The minimum atomic E-state index is 0.716. The molecule has 0 amide bonds. The van der Waals surface area contributed by atoms with Gasteiger partial charge >= 0.3 is 0 Å². The first-order valence-corrected chi connectivity index (χ1v) is 4.62. The molecule has 2 heteroatoms. The average Bonchev–Trinajstić information content (AvgIpc) is 2.03. The van der Waals surface area contributed by atoms with Crippen LogP contribution < -0.4 is 5.73 Å². The molecule has 0 radical (unpaired) electrons. The SMILES string of the molecule is CCC(C)N(C)CCCCN. The van der Waals surface area contributed by atoms with Gasteiger partial charge in [0, 0.05) is 6.04 Å². The summed E-state index contributed by atoms with van der Waals surface area (Å²) in [7, 11) is 2.19. The molecule has 68 valence electrons. The van der Waals surface area contributed by atoms with E-state index in [2.05, 4.69) is 25.8 Å². The van der Waals surface area contributed by atoms with Crippen molar-refractivity contribution >= 4 is 0 Å². The Balaban J connectivity index is 3.28. The molecular weight excluding hydrogens is 136 g/mol. The summed E-state index contributed by atoms with van der Waals surface area (Å²) in [5.41, 5.74) is 5.40. The standard InChI is InChI=1S/C9H22N2/c1-4-9(2)11(3)8-6-5-7-10/h9H,4-8,10H2,1-3H3. The Labute approximate surface area is 70.8 Å². The molecule has 0 aliphatic carbocycles. The Morgan fingerprint density at radius 3 is 2.45 bits per heavy atom. The maximum absolute atomic E-state index is 5.40. The third-order valence-corrected chi connectivity index (χ3v) is 2.31. The molecule has 0 fully saturated rings. The number of hydrogen-bond donors (Lipinski definition) is 1. The van der Waals surface area contributed by atoms with Gasteiger partial charge in [-0.15, -0.1) is 0 Å². The Morgan fingerprint density at radius 2 is 2.00 bits per heavy atom. The van der Waals surface area contributed by atoms with Crippen LogP contribution in [0.1, 0.15) is 33.1 Å². The van der Waals surface area contributed by atoms with E-state index in [1.807, 2.05) is 0 Å². The topological polar surface area (TPSA) is 29.3 Å². The van der Waals surface area contributed by atoms with Crippen molar-refractivity contribution in [2.24, 2.45) is 5.73 Å². The second-order valence-electron chi connectivity index (χ2n) is 3.23. The summed E-state index contributed by atoms with van der Waals surface area (Å²) in [4.78, 5) is 2.40. The van der Waals surface area contributed by atoms with Crippen molar-refractivity contribution in [2.45, 2.75) is 39.2 Å². The predicted octanol–water partition coefficient (Wildman–Crippen LogP) is 1.46. The monoisotopic (exact) mass is 158 g/mol. The van der Waals surface area contributed by atoms with Crippen molar-refractivity contribution in [3.63, 3.8) is 0 Å². The van der Waals surface area contributed by atoms with E-state index in [0.29, 0.717) is 6.04 Å². The lowest BCUT2D eigenvalue weighted by Gasteiger charge is -2.22. The van der Waals surface area contributed by atoms with Crippen LogP contribution in [0.4, 0.5) is 0 Å². The van der Waals surface area contributed by atoms with Gasteiger partial charge in [-0.05, 0) is 46.3 Å². The second-order valence-corrected chi connectivity index (χ2v) is 3.23. The van der Waals surface area contributed by atoms with Gasteiger partial charge in [0.15, 0.2) is 0 Å². The maximum atomic E-state index is 5.40. The van der Waals surface area contributed by atoms with Gasteiger partial charge in [0.25, 0.3) is 0 Å². The lowest BCUT2D eigenvalue weighted by molar-refractivity contribution is 0.248. The zero-order chi connectivity index (χ0) is 8.69. The van der Waals surface area contributed by atoms with E-state index in [4.69, 9.17) is 5.73 Å². The molecule has 0 aromatic carbocycles. The molecule has 11 heavy (non-hydrogen) atoms. The highest BCUT2D eigenvalue weighted by Gasteiger charge is 2.04. The number of unbranched alkanes of at least 4 members (excludes halogenated alkanes) is 1. The molecule has 0 saturated heterocycles. The van der Waals surface area contributed by atoms with Crippen molar-refractivity contribution in [3.8, 4) is 0 Å². The Hall–Kier alpha value is -0.0800. The summed E-state index contributed by atoms with van der Waals surface area (Å²) in [6.45, 7) is 6.51. The van der Waals surface area contributed by atoms with Gasteiger partial charge in [-0.3, -0.25) is 0 Å². The van der Waals surface area contributed by atoms with Crippen LogP contribution in [0.25, 0.3) is 0 Å². The van der Waals surface area contributed by atoms with Gasteiger partial charge < -0.3 is 10.6 Å². The Morgan fingerprint density at radius 1 is 1.36 bits per heavy atom. The first-order chi connectivity index (χ1) is 5.22. The largest absolute Gasteiger partial charge is 0.330 e. The van der Waals surface area contributed by atoms with Crippen molar-refractivity contribution in [1.29, 1.82) is 0 Å². The van der Waals surface area contributed by atoms with E-state index in [9.17, 15) is 0 Å². The molecule has 0 spiro atoms. The lowest BCUT2D eigenvalue weighted by Crippen LogP contribution is -2.29. The average molecular weight is 158 g/mol.